The Labute approximate surface area is 139 Å². The Bertz CT molecular complexity index is 483. The van der Waals surface area contributed by atoms with Crippen molar-refractivity contribution < 1.29 is 14.2 Å². The van der Waals surface area contributed by atoms with Crippen LogP contribution in [0.5, 0.6) is 5.75 Å². The van der Waals surface area contributed by atoms with E-state index in [9.17, 15) is 0 Å². The number of rotatable bonds is 6. The molecule has 2 heterocycles. The zero-order valence-electron chi connectivity index (χ0n) is 14.1. The summed E-state index contributed by atoms with van der Waals surface area (Å²) in [5, 5.41) is 0. The smallest absolute Gasteiger partial charge is 0.124 e. The third-order valence-electron chi connectivity index (χ3n) is 4.67. The van der Waals surface area contributed by atoms with Gasteiger partial charge in [-0.2, -0.15) is 0 Å². The second kappa shape index (κ2) is 8.52. The van der Waals surface area contributed by atoms with E-state index in [1.807, 2.05) is 0 Å². The van der Waals surface area contributed by atoms with Crippen molar-refractivity contribution in [1.82, 2.24) is 4.90 Å². The molecule has 128 valence electrons. The number of hydrogen-bond donors (Lipinski definition) is 0. The average molecular weight is 320 g/mol. The standard InChI is InChI=1S/C18H28N2O3/c1-21-18-15-17(20-9-13-23-14-10-20)5-4-16(18)3-2-6-19-7-11-22-12-8-19/h4-5,15H,2-3,6-14H2,1H3. The third-order valence-corrected chi connectivity index (χ3v) is 4.67. The Kier molecular flexibility index (Phi) is 6.13. The molecule has 5 nitrogen and oxygen atoms in total. The Morgan fingerprint density at radius 1 is 1.00 bits per heavy atom. The van der Waals surface area contributed by atoms with Crippen molar-refractivity contribution >= 4 is 5.69 Å². The molecule has 0 radical (unpaired) electrons. The van der Waals surface area contributed by atoms with E-state index >= 15 is 0 Å². The monoisotopic (exact) mass is 320 g/mol. The van der Waals surface area contributed by atoms with Crippen LogP contribution < -0.4 is 9.64 Å². The van der Waals surface area contributed by atoms with Crippen LogP contribution in [0.25, 0.3) is 0 Å². The minimum absolute atomic E-state index is 0.809. The fraction of sp³-hybridized carbons (Fsp3) is 0.667. The average Bonchev–Trinajstić information content (AvgIpc) is 2.63. The van der Waals surface area contributed by atoms with E-state index in [4.69, 9.17) is 14.2 Å². The zero-order chi connectivity index (χ0) is 15.9. The summed E-state index contributed by atoms with van der Waals surface area (Å²) in [6.07, 6.45) is 2.22. The van der Waals surface area contributed by atoms with E-state index in [1.54, 1.807) is 7.11 Å². The number of nitrogens with zero attached hydrogens (tertiary/aromatic N) is 2. The maximum absolute atomic E-state index is 5.63. The van der Waals surface area contributed by atoms with E-state index < -0.39 is 0 Å². The van der Waals surface area contributed by atoms with Gasteiger partial charge < -0.3 is 19.1 Å². The van der Waals surface area contributed by atoms with Crippen molar-refractivity contribution in [2.45, 2.75) is 12.8 Å². The number of benzene rings is 1. The number of methoxy groups -OCH3 is 1. The molecule has 2 saturated heterocycles. The van der Waals surface area contributed by atoms with Crippen LogP contribution in [0, 0.1) is 0 Å². The molecule has 2 aliphatic rings. The van der Waals surface area contributed by atoms with Crippen LogP contribution >= 0.6 is 0 Å². The number of anilines is 1. The number of aryl methyl sites for hydroxylation is 1. The van der Waals surface area contributed by atoms with E-state index in [1.165, 1.54) is 11.3 Å². The summed E-state index contributed by atoms with van der Waals surface area (Å²) in [5.41, 5.74) is 2.54. The highest BCUT2D eigenvalue weighted by Gasteiger charge is 2.14. The summed E-state index contributed by atoms with van der Waals surface area (Å²) < 4.78 is 16.5. The lowest BCUT2D eigenvalue weighted by Gasteiger charge is -2.29. The summed E-state index contributed by atoms with van der Waals surface area (Å²) in [4.78, 5) is 4.85. The molecular weight excluding hydrogens is 292 g/mol. The van der Waals surface area contributed by atoms with Crippen molar-refractivity contribution in [3.05, 3.63) is 23.8 Å². The van der Waals surface area contributed by atoms with Gasteiger partial charge in [0.1, 0.15) is 5.75 Å². The van der Waals surface area contributed by atoms with Crippen molar-refractivity contribution in [3.63, 3.8) is 0 Å². The molecular formula is C18H28N2O3. The molecule has 2 aliphatic heterocycles. The highest BCUT2D eigenvalue weighted by molar-refractivity contribution is 5.54. The maximum atomic E-state index is 5.63. The van der Waals surface area contributed by atoms with Crippen LogP contribution in [0.3, 0.4) is 0 Å². The SMILES string of the molecule is COc1cc(N2CCOCC2)ccc1CCCN1CCOCC1. The van der Waals surface area contributed by atoms with Gasteiger partial charge in [0, 0.05) is 37.9 Å². The normalized spacial score (nSPS) is 19.8. The van der Waals surface area contributed by atoms with E-state index in [-0.39, 0.29) is 0 Å². The molecule has 0 aromatic heterocycles. The quantitative estimate of drug-likeness (QED) is 0.798. The van der Waals surface area contributed by atoms with Gasteiger partial charge in [0.15, 0.2) is 0 Å². The fourth-order valence-electron chi connectivity index (χ4n) is 3.28. The van der Waals surface area contributed by atoms with Gasteiger partial charge in [0.2, 0.25) is 0 Å². The van der Waals surface area contributed by atoms with Crippen LogP contribution in [0.1, 0.15) is 12.0 Å². The predicted molar refractivity (Wildman–Crippen MR) is 91.6 cm³/mol. The molecule has 0 saturated carbocycles. The maximum Gasteiger partial charge on any atom is 0.124 e. The van der Waals surface area contributed by atoms with Crippen LogP contribution in [-0.4, -0.2) is 71.2 Å². The highest BCUT2D eigenvalue weighted by Crippen LogP contribution is 2.27. The van der Waals surface area contributed by atoms with Gasteiger partial charge in [0.05, 0.1) is 33.5 Å². The molecule has 1 aromatic carbocycles. The summed E-state index contributed by atoms with van der Waals surface area (Å²) in [6.45, 7) is 8.54. The van der Waals surface area contributed by atoms with E-state index in [0.717, 1.165) is 77.7 Å². The molecule has 0 atom stereocenters. The topological polar surface area (TPSA) is 34.2 Å². The van der Waals surface area contributed by atoms with Gasteiger partial charge in [0.25, 0.3) is 0 Å². The van der Waals surface area contributed by atoms with Gasteiger partial charge in [-0.3, -0.25) is 4.90 Å². The number of ether oxygens (including phenoxy) is 3. The molecule has 0 bridgehead atoms. The first-order valence-electron chi connectivity index (χ1n) is 8.66. The minimum atomic E-state index is 0.809. The molecule has 23 heavy (non-hydrogen) atoms. The highest BCUT2D eigenvalue weighted by atomic mass is 16.5. The van der Waals surface area contributed by atoms with Gasteiger partial charge >= 0.3 is 0 Å². The molecule has 0 N–H and O–H groups in total. The molecule has 0 amide bonds. The lowest BCUT2D eigenvalue weighted by atomic mass is 10.1. The van der Waals surface area contributed by atoms with Crippen LogP contribution in [0.2, 0.25) is 0 Å². The second-order valence-electron chi connectivity index (χ2n) is 6.15. The minimum Gasteiger partial charge on any atom is -0.496 e. The molecule has 2 fully saturated rings. The summed E-state index contributed by atoms with van der Waals surface area (Å²) in [7, 11) is 1.77. The molecule has 0 unspecified atom stereocenters. The molecule has 1 aromatic rings. The summed E-state index contributed by atoms with van der Waals surface area (Å²) >= 11 is 0. The Morgan fingerprint density at radius 3 is 2.39 bits per heavy atom. The Balaban J connectivity index is 1.55. The van der Waals surface area contributed by atoms with Gasteiger partial charge in [-0.05, 0) is 31.0 Å². The molecule has 0 aliphatic carbocycles. The Hall–Kier alpha value is -1.30. The van der Waals surface area contributed by atoms with Crippen molar-refractivity contribution in [1.29, 1.82) is 0 Å². The first-order valence-corrected chi connectivity index (χ1v) is 8.66. The second-order valence-corrected chi connectivity index (χ2v) is 6.15. The Morgan fingerprint density at radius 2 is 1.70 bits per heavy atom. The van der Waals surface area contributed by atoms with Gasteiger partial charge in [-0.25, -0.2) is 0 Å². The van der Waals surface area contributed by atoms with Crippen LogP contribution in [0.15, 0.2) is 18.2 Å². The van der Waals surface area contributed by atoms with Gasteiger partial charge in [-0.1, -0.05) is 6.07 Å². The van der Waals surface area contributed by atoms with Gasteiger partial charge in [-0.15, -0.1) is 0 Å². The van der Waals surface area contributed by atoms with Crippen LogP contribution in [0.4, 0.5) is 5.69 Å². The number of hydrogen-bond acceptors (Lipinski definition) is 5. The van der Waals surface area contributed by atoms with Crippen molar-refractivity contribution in [2.75, 3.05) is 71.2 Å². The third kappa shape index (κ3) is 4.59. The van der Waals surface area contributed by atoms with Crippen LogP contribution in [-0.2, 0) is 15.9 Å². The van der Waals surface area contributed by atoms with E-state index in [0.29, 0.717) is 0 Å². The van der Waals surface area contributed by atoms with Crippen molar-refractivity contribution in [3.8, 4) is 5.75 Å². The lowest BCUT2D eigenvalue weighted by molar-refractivity contribution is 0.0374. The molecule has 5 heteroatoms. The molecule has 0 spiro atoms. The summed E-state index contributed by atoms with van der Waals surface area (Å²) in [6, 6.07) is 6.62. The first kappa shape index (κ1) is 16.6. The zero-order valence-corrected chi connectivity index (χ0v) is 14.1. The van der Waals surface area contributed by atoms with E-state index in [2.05, 4.69) is 28.0 Å². The predicted octanol–water partition coefficient (Wildman–Crippen LogP) is 1.80. The largest absolute Gasteiger partial charge is 0.496 e. The summed E-state index contributed by atoms with van der Waals surface area (Å²) in [5.74, 6) is 1.01. The fourth-order valence-corrected chi connectivity index (χ4v) is 3.28. The molecule has 3 rings (SSSR count). The first-order chi connectivity index (χ1) is 11.4. The van der Waals surface area contributed by atoms with Crippen molar-refractivity contribution in [2.24, 2.45) is 0 Å². The lowest BCUT2D eigenvalue weighted by Crippen LogP contribution is -2.37. The number of morpholine rings is 2.